The van der Waals surface area contributed by atoms with Gasteiger partial charge in [0, 0.05) is 30.1 Å². The number of nitrogens with two attached hydrogens (primary N) is 1. The Morgan fingerprint density at radius 2 is 1.77 bits per heavy atom. The van der Waals surface area contributed by atoms with Crippen molar-refractivity contribution in [2.24, 2.45) is 0 Å². The number of nitrogens with one attached hydrogen (secondary N) is 2. The molecule has 35 heavy (non-hydrogen) atoms. The molecule has 0 unspecified atom stereocenters. The summed E-state index contributed by atoms with van der Waals surface area (Å²) in [4.78, 5) is 17.6. The second-order valence-corrected chi connectivity index (χ2v) is 9.15. The minimum Gasteiger partial charge on any atom is -0.383 e. The first kappa shape index (κ1) is 21.3. The molecule has 176 valence electrons. The fraction of sp³-hybridized carbons (Fsp3) is 0.269. The molecule has 0 bridgehead atoms. The number of aromatic nitrogens is 6. The second-order valence-electron chi connectivity index (χ2n) is 9.15. The van der Waals surface area contributed by atoms with Crippen molar-refractivity contribution in [3.63, 3.8) is 0 Å². The summed E-state index contributed by atoms with van der Waals surface area (Å²) in [6.45, 7) is 5.42. The molecule has 0 saturated heterocycles. The van der Waals surface area contributed by atoms with Gasteiger partial charge in [0.05, 0.1) is 24.1 Å². The third-order valence-corrected chi connectivity index (χ3v) is 6.66. The minimum absolute atomic E-state index is 0.553. The number of fused-ring (bicyclic) bond motifs is 2. The van der Waals surface area contributed by atoms with Gasteiger partial charge >= 0.3 is 0 Å². The summed E-state index contributed by atoms with van der Waals surface area (Å²) >= 11 is 0. The molecular formula is C26H27N9. The lowest BCUT2D eigenvalue weighted by atomic mass is 9.96. The van der Waals surface area contributed by atoms with E-state index in [1.54, 1.807) is 12.5 Å². The second kappa shape index (κ2) is 8.50. The van der Waals surface area contributed by atoms with Crippen LogP contribution in [0.2, 0.25) is 0 Å². The third kappa shape index (κ3) is 4.21. The maximum atomic E-state index is 6.08. The van der Waals surface area contributed by atoms with Crippen LogP contribution in [0, 0.1) is 13.8 Å². The van der Waals surface area contributed by atoms with Gasteiger partial charge in [-0.3, -0.25) is 0 Å². The van der Waals surface area contributed by atoms with Gasteiger partial charge in [-0.05, 0) is 73.0 Å². The average Bonchev–Trinajstić information content (AvgIpc) is 3.63. The lowest BCUT2D eigenvalue weighted by Gasteiger charge is -2.15. The normalized spacial score (nSPS) is 13.4. The van der Waals surface area contributed by atoms with Crippen LogP contribution in [0.4, 0.5) is 17.5 Å². The highest BCUT2D eigenvalue weighted by molar-refractivity contribution is 5.94. The van der Waals surface area contributed by atoms with Gasteiger partial charge in [-0.2, -0.15) is 5.10 Å². The van der Waals surface area contributed by atoms with Gasteiger partial charge in [0.15, 0.2) is 5.65 Å². The SMILES string of the molecule is Cc1cc2c(N)nccc2c(C)c1CNc1cc(NCc2cn3nc(C4CC4)ccc3n2)ncn1. The summed E-state index contributed by atoms with van der Waals surface area (Å²) in [6, 6.07) is 10.2. The van der Waals surface area contributed by atoms with Crippen molar-refractivity contribution < 1.29 is 0 Å². The number of rotatable bonds is 7. The van der Waals surface area contributed by atoms with E-state index in [4.69, 9.17) is 10.8 Å². The van der Waals surface area contributed by atoms with Gasteiger partial charge in [-0.1, -0.05) is 0 Å². The lowest BCUT2D eigenvalue weighted by molar-refractivity contribution is 0.853. The van der Waals surface area contributed by atoms with Crippen molar-refractivity contribution in [2.45, 2.75) is 45.7 Å². The summed E-state index contributed by atoms with van der Waals surface area (Å²) in [7, 11) is 0. The van der Waals surface area contributed by atoms with Gasteiger partial charge in [0.2, 0.25) is 0 Å². The highest BCUT2D eigenvalue weighted by atomic mass is 15.3. The standard InChI is InChI=1S/C26H27N9/c1-15-9-20-19(7-8-28-26(20)27)16(2)21(15)12-30-24-10-23(31-14-32-24)29-11-18-13-35-25(33-18)6-5-22(34-35)17-3-4-17/h5-10,13-14,17H,3-4,11-12H2,1-2H3,(H2,27,28)(H2,29,30,31,32). The molecule has 4 N–H and O–H groups in total. The molecule has 4 heterocycles. The van der Waals surface area contributed by atoms with Crippen molar-refractivity contribution in [3.8, 4) is 0 Å². The topological polar surface area (TPSA) is 119 Å². The van der Waals surface area contributed by atoms with E-state index in [0.717, 1.165) is 39.4 Å². The van der Waals surface area contributed by atoms with Crippen LogP contribution in [0.5, 0.6) is 0 Å². The fourth-order valence-corrected chi connectivity index (χ4v) is 4.54. The van der Waals surface area contributed by atoms with Crippen LogP contribution in [0.25, 0.3) is 16.4 Å². The molecule has 9 nitrogen and oxygen atoms in total. The average molecular weight is 466 g/mol. The van der Waals surface area contributed by atoms with Gasteiger partial charge in [-0.25, -0.2) is 24.5 Å². The van der Waals surface area contributed by atoms with Crippen LogP contribution in [0.15, 0.2) is 49.1 Å². The Morgan fingerprint density at radius 3 is 2.57 bits per heavy atom. The molecule has 1 aromatic carbocycles. The number of nitrogen functional groups attached to an aromatic ring is 1. The van der Waals surface area contributed by atoms with Crippen LogP contribution in [0.3, 0.4) is 0 Å². The molecule has 1 saturated carbocycles. The Morgan fingerprint density at radius 1 is 0.971 bits per heavy atom. The molecule has 1 aliphatic rings. The van der Waals surface area contributed by atoms with Crippen molar-refractivity contribution in [1.82, 2.24) is 29.5 Å². The van der Waals surface area contributed by atoms with E-state index < -0.39 is 0 Å². The van der Waals surface area contributed by atoms with Crippen molar-refractivity contribution in [2.75, 3.05) is 16.4 Å². The number of benzene rings is 1. The van der Waals surface area contributed by atoms with Gasteiger partial charge < -0.3 is 16.4 Å². The summed E-state index contributed by atoms with van der Waals surface area (Å²) in [5.41, 5.74) is 12.6. The number of nitrogens with zero attached hydrogens (tertiary/aromatic N) is 6. The van der Waals surface area contributed by atoms with Crippen LogP contribution in [-0.2, 0) is 13.1 Å². The predicted molar refractivity (Wildman–Crippen MR) is 137 cm³/mol. The summed E-state index contributed by atoms with van der Waals surface area (Å²) < 4.78 is 1.87. The summed E-state index contributed by atoms with van der Waals surface area (Å²) in [5, 5.41) is 13.6. The Balaban J connectivity index is 1.15. The maximum Gasteiger partial charge on any atom is 0.153 e. The first-order valence-electron chi connectivity index (χ1n) is 11.8. The molecule has 0 radical (unpaired) electrons. The smallest absolute Gasteiger partial charge is 0.153 e. The molecular weight excluding hydrogens is 438 g/mol. The lowest BCUT2D eigenvalue weighted by Crippen LogP contribution is -2.08. The molecule has 5 aromatic rings. The Kier molecular flexibility index (Phi) is 5.17. The molecule has 0 amide bonds. The molecule has 0 aliphatic heterocycles. The first-order valence-corrected chi connectivity index (χ1v) is 11.8. The van der Waals surface area contributed by atoms with Crippen molar-refractivity contribution in [3.05, 3.63) is 77.1 Å². The van der Waals surface area contributed by atoms with Gasteiger partial charge in [-0.15, -0.1) is 0 Å². The maximum absolute atomic E-state index is 6.08. The van der Waals surface area contributed by atoms with Crippen LogP contribution < -0.4 is 16.4 Å². The van der Waals surface area contributed by atoms with Crippen LogP contribution in [0.1, 0.15) is 46.8 Å². The van der Waals surface area contributed by atoms with E-state index in [9.17, 15) is 0 Å². The minimum atomic E-state index is 0.553. The number of aryl methyl sites for hydroxylation is 2. The summed E-state index contributed by atoms with van der Waals surface area (Å²) in [6.07, 6.45) is 7.76. The molecule has 4 aromatic heterocycles. The Labute approximate surface area is 202 Å². The van der Waals surface area contributed by atoms with Gasteiger partial charge in [0.1, 0.15) is 23.8 Å². The first-order chi connectivity index (χ1) is 17.0. The van der Waals surface area contributed by atoms with E-state index in [-0.39, 0.29) is 0 Å². The van der Waals surface area contributed by atoms with Crippen molar-refractivity contribution in [1.29, 1.82) is 0 Å². The largest absolute Gasteiger partial charge is 0.383 e. The number of hydrogen-bond acceptors (Lipinski definition) is 8. The molecule has 0 spiro atoms. The highest BCUT2D eigenvalue weighted by Crippen LogP contribution is 2.38. The van der Waals surface area contributed by atoms with E-state index in [1.807, 2.05) is 28.9 Å². The number of anilines is 3. The van der Waals surface area contributed by atoms with Crippen LogP contribution >= 0.6 is 0 Å². The summed E-state index contributed by atoms with van der Waals surface area (Å²) in [5.74, 6) is 2.66. The van der Waals surface area contributed by atoms with Crippen molar-refractivity contribution >= 4 is 33.9 Å². The van der Waals surface area contributed by atoms with Crippen LogP contribution in [-0.4, -0.2) is 29.5 Å². The molecule has 1 fully saturated rings. The molecule has 0 atom stereocenters. The third-order valence-electron chi connectivity index (χ3n) is 6.66. The highest BCUT2D eigenvalue weighted by Gasteiger charge is 2.25. The quantitative estimate of drug-likeness (QED) is 0.324. The zero-order valence-corrected chi connectivity index (χ0v) is 19.8. The zero-order valence-electron chi connectivity index (χ0n) is 19.8. The van der Waals surface area contributed by atoms with Gasteiger partial charge in [0.25, 0.3) is 0 Å². The zero-order chi connectivity index (χ0) is 23.9. The number of pyridine rings is 1. The Bertz CT molecular complexity index is 1550. The Hall–Kier alpha value is -4.27. The monoisotopic (exact) mass is 465 g/mol. The number of imidazole rings is 1. The number of hydrogen-bond donors (Lipinski definition) is 3. The molecule has 9 heteroatoms. The predicted octanol–water partition coefficient (Wildman–Crippen LogP) is 4.37. The van der Waals surface area contributed by atoms with E-state index in [0.29, 0.717) is 24.8 Å². The fourth-order valence-electron chi connectivity index (χ4n) is 4.54. The molecule has 1 aliphatic carbocycles. The molecule has 6 rings (SSSR count). The van der Waals surface area contributed by atoms with E-state index in [2.05, 4.69) is 56.5 Å². The van der Waals surface area contributed by atoms with E-state index >= 15 is 0 Å². The van der Waals surface area contributed by atoms with E-state index in [1.165, 1.54) is 29.5 Å².